The Hall–Kier alpha value is -1.13. The summed E-state index contributed by atoms with van der Waals surface area (Å²) in [5.74, 6) is 0.509. The average Bonchev–Trinajstić information content (AvgIpc) is 2.90. The molecule has 0 radical (unpaired) electrons. The average molecular weight is 236 g/mol. The van der Waals surface area contributed by atoms with Crippen molar-refractivity contribution in [3.63, 3.8) is 0 Å². The van der Waals surface area contributed by atoms with E-state index in [2.05, 4.69) is 16.8 Å². The molecule has 1 fully saturated rings. The topological polar surface area (TPSA) is 36.7 Å². The molecule has 17 heavy (non-hydrogen) atoms. The molecule has 1 aromatic heterocycles. The van der Waals surface area contributed by atoms with Crippen molar-refractivity contribution in [2.24, 2.45) is 0 Å². The van der Waals surface area contributed by atoms with E-state index in [0.29, 0.717) is 18.3 Å². The number of Topliss-reactive ketones (excluding diaryl/α,β-unsaturated/α-hetero) is 1. The molecule has 4 heteroatoms. The SMILES string of the molecule is CN(CC(=O)c1ccco1)CC1CCCN1C. The molecule has 1 aliphatic heterocycles. The number of carbonyl (C=O) groups is 1. The zero-order valence-electron chi connectivity index (χ0n) is 10.6. The molecule has 1 aromatic rings. The van der Waals surface area contributed by atoms with Crippen molar-refractivity contribution in [3.8, 4) is 0 Å². The second-order valence-corrected chi connectivity index (χ2v) is 4.87. The van der Waals surface area contributed by atoms with Gasteiger partial charge in [0, 0.05) is 12.6 Å². The highest BCUT2D eigenvalue weighted by Gasteiger charge is 2.23. The van der Waals surface area contributed by atoms with Crippen LogP contribution in [0.3, 0.4) is 0 Å². The van der Waals surface area contributed by atoms with Crippen LogP contribution in [0.1, 0.15) is 23.4 Å². The summed E-state index contributed by atoms with van der Waals surface area (Å²) in [6, 6.07) is 4.06. The van der Waals surface area contributed by atoms with Gasteiger partial charge in [0.2, 0.25) is 5.78 Å². The Kier molecular flexibility index (Phi) is 3.97. The number of carbonyl (C=O) groups excluding carboxylic acids is 1. The summed E-state index contributed by atoms with van der Waals surface area (Å²) in [5, 5.41) is 0. The third-order valence-electron chi connectivity index (χ3n) is 3.40. The fraction of sp³-hybridized carbons (Fsp3) is 0.615. The van der Waals surface area contributed by atoms with E-state index in [1.807, 2.05) is 7.05 Å². The van der Waals surface area contributed by atoms with Gasteiger partial charge in [-0.25, -0.2) is 0 Å². The summed E-state index contributed by atoms with van der Waals surface area (Å²) >= 11 is 0. The standard InChI is InChI=1S/C13H20N2O2/c1-14(9-11-5-3-7-15(11)2)10-12(16)13-6-4-8-17-13/h4,6,8,11H,3,5,7,9-10H2,1-2H3. The number of rotatable bonds is 5. The highest BCUT2D eigenvalue weighted by atomic mass is 16.3. The smallest absolute Gasteiger partial charge is 0.211 e. The van der Waals surface area contributed by atoms with Gasteiger partial charge in [-0.05, 0) is 45.6 Å². The van der Waals surface area contributed by atoms with Gasteiger partial charge in [-0.2, -0.15) is 0 Å². The number of likely N-dealkylation sites (N-methyl/N-ethyl adjacent to an activating group) is 2. The molecule has 1 unspecified atom stereocenters. The van der Waals surface area contributed by atoms with E-state index < -0.39 is 0 Å². The number of nitrogens with zero attached hydrogens (tertiary/aromatic N) is 2. The molecule has 0 aliphatic carbocycles. The van der Waals surface area contributed by atoms with Gasteiger partial charge >= 0.3 is 0 Å². The number of hydrogen-bond donors (Lipinski definition) is 0. The molecule has 94 valence electrons. The lowest BCUT2D eigenvalue weighted by Crippen LogP contribution is -2.38. The summed E-state index contributed by atoms with van der Waals surface area (Å²) < 4.78 is 5.10. The van der Waals surface area contributed by atoms with Crippen LogP contribution in [0.15, 0.2) is 22.8 Å². The van der Waals surface area contributed by atoms with Gasteiger partial charge in [-0.1, -0.05) is 0 Å². The lowest BCUT2D eigenvalue weighted by molar-refractivity contribution is 0.0905. The zero-order valence-corrected chi connectivity index (χ0v) is 10.6. The first-order valence-electron chi connectivity index (χ1n) is 6.12. The Morgan fingerprint density at radius 1 is 1.65 bits per heavy atom. The second kappa shape index (κ2) is 5.47. The van der Waals surface area contributed by atoms with Crippen molar-refractivity contribution >= 4 is 5.78 Å². The van der Waals surface area contributed by atoms with E-state index in [1.165, 1.54) is 25.6 Å². The van der Waals surface area contributed by atoms with Crippen molar-refractivity contribution in [1.29, 1.82) is 0 Å². The van der Waals surface area contributed by atoms with Gasteiger partial charge in [0.1, 0.15) is 0 Å². The maximum Gasteiger partial charge on any atom is 0.211 e. The van der Waals surface area contributed by atoms with Crippen molar-refractivity contribution in [2.45, 2.75) is 18.9 Å². The van der Waals surface area contributed by atoms with E-state index in [-0.39, 0.29) is 5.78 Å². The summed E-state index contributed by atoms with van der Waals surface area (Å²) in [5.41, 5.74) is 0. The minimum atomic E-state index is 0.0538. The number of hydrogen-bond acceptors (Lipinski definition) is 4. The number of furan rings is 1. The van der Waals surface area contributed by atoms with Crippen LogP contribution in [-0.2, 0) is 0 Å². The Morgan fingerprint density at radius 2 is 2.47 bits per heavy atom. The fourth-order valence-electron chi connectivity index (χ4n) is 2.39. The maximum absolute atomic E-state index is 11.8. The molecule has 0 saturated carbocycles. The molecule has 2 heterocycles. The van der Waals surface area contributed by atoms with E-state index >= 15 is 0 Å². The number of likely N-dealkylation sites (tertiary alicyclic amines) is 1. The van der Waals surface area contributed by atoms with Gasteiger partial charge in [0.05, 0.1) is 12.8 Å². The second-order valence-electron chi connectivity index (χ2n) is 4.87. The van der Waals surface area contributed by atoms with Crippen molar-refractivity contribution in [1.82, 2.24) is 9.80 Å². The maximum atomic E-state index is 11.8. The molecule has 1 atom stereocenters. The van der Waals surface area contributed by atoms with Crippen molar-refractivity contribution in [2.75, 3.05) is 33.7 Å². The van der Waals surface area contributed by atoms with Crippen LogP contribution in [0.25, 0.3) is 0 Å². The molecule has 2 rings (SSSR count). The summed E-state index contributed by atoms with van der Waals surface area (Å²) in [7, 11) is 4.15. The van der Waals surface area contributed by atoms with Gasteiger partial charge in [0.15, 0.2) is 5.76 Å². The monoisotopic (exact) mass is 236 g/mol. The first-order chi connectivity index (χ1) is 8.16. The minimum absolute atomic E-state index is 0.0538. The molecular formula is C13H20N2O2. The minimum Gasteiger partial charge on any atom is -0.461 e. The molecule has 0 aromatic carbocycles. The van der Waals surface area contributed by atoms with Crippen LogP contribution in [-0.4, -0.2) is 55.4 Å². The highest BCUT2D eigenvalue weighted by Crippen LogP contribution is 2.15. The van der Waals surface area contributed by atoms with Crippen LogP contribution >= 0.6 is 0 Å². The molecule has 4 nitrogen and oxygen atoms in total. The van der Waals surface area contributed by atoms with Crippen LogP contribution in [0.5, 0.6) is 0 Å². The zero-order chi connectivity index (χ0) is 12.3. The Balaban J connectivity index is 1.81. The molecule has 1 saturated heterocycles. The lowest BCUT2D eigenvalue weighted by atomic mass is 10.2. The first kappa shape index (κ1) is 12.3. The van der Waals surface area contributed by atoms with E-state index in [4.69, 9.17) is 4.42 Å². The van der Waals surface area contributed by atoms with Gasteiger partial charge in [-0.3, -0.25) is 9.69 Å². The molecular weight excluding hydrogens is 216 g/mol. The number of ketones is 1. The van der Waals surface area contributed by atoms with Crippen LogP contribution in [0.4, 0.5) is 0 Å². The lowest BCUT2D eigenvalue weighted by Gasteiger charge is -2.24. The third kappa shape index (κ3) is 3.17. The van der Waals surface area contributed by atoms with Crippen LogP contribution in [0.2, 0.25) is 0 Å². The molecule has 0 spiro atoms. The van der Waals surface area contributed by atoms with Crippen molar-refractivity contribution < 1.29 is 9.21 Å². The van der Waals surface area contributed by atoms with E-state index in [1.54, 1.807) is 12.1 Å². The van der Waals surface area contributed by atoms with Gasteiger partial charge in [-0.15, -0.1) is 0 Å². The predicted octanol–water partition coefficient (Wildman–Crippen LogP) is 1.49. The molecule has 1 aliphatic rings. The van der Waals surface area contributed by atoms with E-state index in [9.17, 15) is 4.79 Å². The fourth-order valence-corrected chi connectivity index (χ4v) is 2.39. The molecule has 0 N–H and O–H groups in total. The van der Waals surface area contributed by atoms with Crippen LogP contribution < -0.4 is 0 Å². The first-order valence-corrected chi connectivity index (χ1v) is 6.12. The van der Waals surface area contributed by atoms with Crippen LogP contribution in [0, 0.1) is 0 Å². The summed E-state index contributed by atoms with van der Waals surface area (Å²) in [6.07, 6.45) is 4.04. The third-order valence-corrected chi connectivity index (χ3v) is 3.40. The van der Waals surface area contributed by atoms with Crippen molar-refractivity contribution in [3.05, 3.63) is 24.2 Å². The predicted molar refractivity (Wildman–Crippen MR) is 66.2 cm³/mol. The normalized spacial score (nSPS) is 21.2. The Labute approximate surface area is 102 Å². The largest absolute Gasteiger partial charge is 0.461 e. The quantitative estimate of drug-likeness (QED) is 0.726. The summed E-state index contributed by atoms with van der Waals surface area (Å²) in [4.78, 5) is 16.3. The highest BCUT2D eigenvalue weighted by molar-refractivity contribution is 5.94. The van der Waals surface area contributed by atoms with E-state index in [0.717, 1.165) is 6.54 Å². The van der Waals surface area contributed by atoms with Gasteiger partial charge in [0.25, 0.3) is 0 Å². The Morgan fingerprint density at radius 3 is 3.06 bits per heavy atom. The summed E-state index contributed by atoms with van der Waals surface area (Å²) in [6.45, 7) is 2.55. The molecule has 0 amide bonds. The van der Waals surface area contributed by atoms with Gasteiger partial charge < -0.3 is 9.32 Å². The molecule has 0 bridgehead atoms. The Bertz CT molecular complexity index is 362.